The Morgan fingerprint density at radius 3 is 2.50 bits per heavy atom. The number of pyridine rings is 1. The number of nitrogens with one attached hydrogen (secondary N) is 2. The van der Waals surface area contributed by atoms with E-state index in [0.29, 0.717) is 17.6 Å². The van der Waals surface area contributed by atoms with Crippen LogP contribution in [0.3, 0.4) is 0 Å². The van der Waals surface area contributed by atoms with Crippen molar-refractivity contribution in [3.05, 3.63) is 81.6 Å². The fourth-order valence-electron chi connectivity index (χ4n) is 4.20. The summed E-state index contributed by atoms with van der Waals surface area (Å²) in [5.41, 5.74) is 3.03. The van der Waals surface area contributed by atoms with Crippen molar-refractivity contribution in [3.8, 4) is 0 Å². The number of benzene rings is 2. The first kappa shape index (κ1) is 20.3. The van der Waals surface area contributed by atoms with Crippen LogP contribution >= 0.6 is 0 Å². The zero-order valence-electron chi connectivity index (χ0n) is 17.4. The maximum Gasteiger partial charge on any atom is 0.252 e. The summed E-state index contributed by atoms with van der Waals surface area (Å²) in [5, 5.41) is 3.73. The summed E-state index contributed by atoms with van der Waals surface area (Å²) in [4.78, 5) is 30.0. The quantitative estimate of drug-likeness (QED) is 0.684. The number of fused-ring (bicyclic) bond motifs is 1. The smallest absolute Gasteiger partial charge is 0.252 e. The lowest BCUT2D eigenvalue weighted by Crippen LogP contribution is -2.45. The number of rotatable bonds is 5. The molecule has 2 N–H and O–H groups in total. The average Bonchev–Trinajstić information content (AvgIpc) is 2.71. The second-order valence-electron chi connectivity index (χ2n) is 8.00. The molecule has 0 spiro atoms. The van der Waals surface area contributed by atoms with Crippen LogP contribution in [0.4, 0.5) is 0 Å². The van der Waals surface area contributed by atoms with Gasteiger partial charge in [-0.05, 0) is 31.0 Å². The molecule has 1 saturated heterocycles. The van der Waals surface area contributed by atoms with Crippen molar-refractivity contribution in [1.82, 2.24) is 15.2 Å². The zero-order chi connectivity index (χ0) is 21.1. The topological polar surface area (TPSA) is 74.4 Å². The Kier molecular flexibility index (Phi) is 5.97. The van der Waals surface area contributed by atoms with Gasteiger partial charge in [-0.15, -0.1) is 0 Å². The van der Waals surface area contributed by atoms with E-state index >= 15 is 0 Å². The van der Waals surface area contributed by atoms with Gasteiger partial charge in [-0.2, -0.15) is 0 Å². The molecular weight excluding hydrogens is 378 g/mol. The minimum Gasteiger partial charge on any atom is -0.373 e. The van der Waals surface area contributed by atoms with Gasteiger partial charge in [0.2, 0.25) is 5.56 Å². The molecular formula is C24H27N3O3. The van der Waals surface area contributed by atoms with Crippen LogP contribution in [0.25, 0.3) is 10.9 Å². The van der Waals surface area contributed by atoms with Gasteiger partial charge in [0.25, 0.3) is 5.91 Å². The third-order valence-corrected chi connectivity index (χ3v) is 5.44. The SMILES string of the molecule is CC1CN(Cc2ccccc2CNC(=O)c2cc(=O)[nH]c3ccccc23)CC(C)O1. The van der Waals surface area contributed by atoms with Gasteiger partial charge < -0.3 is 15.0 Å². The minimum atomic E-state index is -0.283. The Bertz CT molecular complexity index is 1100. The van der Waals surface area contributed by atoms with Crippen LogP contribution in [-0.4, -0.2) is 41.1 Å². The van der Waals surface area contributed by atoms with Gasteiger partial charge >= 0.3 is 0 Å². The maximum atomic E-state index is 12.9. The number of morpholine rings is 1. The standard InChI is InChI=1S/C24H27N3O3/c1-16-13-27(14-17(2)30-16)15-19-8-4-3-7-18(19)12-25-24(29)21-11-23(28)26-22-10-6-5-9-20(21)22/h3-11,16-17H,12-15H2,1-2H3,(H,25,29)(H,26,28). The van der Waals surface area contributed by atoms with E-state index in [9.17, 15) is 9.59 Å². The summed E-state index contributed by atoms with van der Waals surface area (Å²) >= 11 is 0. The number of aromatic nitrogens is 1. The number of carbonyl (C=O) groups is 1. The largest absolute Gasteiger partial charge is 0.373 e. The van der Waals surface area contributed by atoms with Gasteiger partial charge in [0, 0.05) is 43.1 Å². The van der Waals surface area contributed by atoms with Gasteiger partial charge in [-0.25, -0.2) is 0 Å². The lowest BCUT2D eigenvalue weighted by atomic mass is 10.1. The molecule has 1 aromatic heterocycles. The van der Waals surface area contributed by atoms with Crippen LogP contribution in [0.2, 0.25) is 0 Å². The Morgan fingerprint density at radius 2 is 1.73 bits per heavy atom. The van der Waals surface area contributed by atoms with Gasteiger partial charge in [-0.3, -0.25) is 14.5 Å². The summed E-state index contributed by atoms with van der Waals surface area (Å²) in [6.45, 7) is 7.21. The first-order valence-electron chi connectivity index (χ1n) is 10.3. The highest BCUT2D eigenvalue weighted by Gasteiger charge is 2.22. The monoisotopic (exact) mass is 405 g/mol. The fraction of sp³-hybridized carbons (Fsp3) is 0.333. The fourth-order valence-corrected chi connectivity index (χ4v) is 4.20. The van der Waals surface area contributed by atoms with Crippen LogP contribution in [0.1, 0.15) is 35.3 Å². The van der Waals surface area contributed by atoms with Crippen molar-refractivity contribution >= 4 is 16.8 Å². The van der Waals surface area contributed by atoms with Gasteiger partial charge in [0.15, 0.2) is 0 Å². The molecule has 1 aliphatic rings. The molecule has 2 aromatic carbocycles. The number of aromatic amines is 1. The Balaban J connectivity index is 1.50. The van der Waals surface area contributed by atoms with Crippen LogP contribution in [0, 0.1) is 0 Å². The second-order valence-corrected chi connectivity index (χ2v) is 8.00. The van der Waals surface area contributed by atoms with Crippen LogP contribution < -0.4 is 10.9 Å². The zero-order valence-corrected chi connectivity index (χ0v) is 17.4. The van der Waals surface area contributed by atoms with E-state index in [1.165, 1.54) is 11.6 Å². The van der Waals surface area contributed by atoms with Gasteiger partial charge in [-0.1, -0.05) is 42.5 Å². The van der Waals surface area contributed by atoms with E-state index in [1.54, 1.807) is 6.07 Å². The summed E-state index contributed by atoms with van der Waals surface area (Å²) < 4.78 is 5.83. The summed E-state index contributed by atoms with van der Waals surface area (Å²) in [6, 6.07) is 16.9. The molecule has 1 aliphatic heterocycles. The van der Waals surface area contributed by atoms with Crippen molar-refractivity contribution in [2.24, 2.45) is 0 Å². The number of para-hydroxylation sites is 1. The van der Waals surface area contributed by atoms with E-state index < -0.39 is 0 Å². The van der Waals surface area contributed by atoms with Crippen LogP contribution in [0.15, 0.2) is 59.4 Å². The number of carbonyl (C=O) groups excluding carboxylic acids is 1. The molecule has 156 valence electrons. The van der Waals surface area contributed by atoms with Crippen molar-refractivity contribution in [1.29, 1.82) is 0 Å². The first-order chi connectivity index (χ1) is 14.5. The number of nitrogens with zero attached hydrogens (tertiary/aromatic N) is 1. The highest BCUT2D eigenvalue weighted by Crippen LogP contribution is 2.18. The highest BCUT2D eigenvalue weighted by molar-refractivity contribution is 6.05. The van der Waals surface area contributed by atoms with Crippen LogP contribution in [-0.2, 0) is 17.8 Å². The molecule has 4 rings (SSSR count). The molecule has 6 nitrogen and oxygen atoms in total. The summed E-state index contributed by atoms with van der Waals surface area (Å²) in [6.07, 6.45) is 0.426. The van der Waals surface area contributed by atoms with Crippen molar-refractivity contribution in [3.63, 3.8) is 0 Å². The number of hydrogen-bond acceptors (Lipinski definition) is 4. The van der Waals surface area contributed by atoms with E-state index in [4.69, 9.17) is 4.74 Å². The molecule has 0 bridgehead atoms. The normalized spacial score (nSPS) is 19.7. The van der Waals surface area contributed by atoms with Gasteiger partial charge in [0.1, 0.15) is 0 Å². The number of amides is 1. The molecule has 6 heteroatoms. The maximum absolute atomic E-state index is 12.9. The third kappa shape index (κ3) is 4.61. The Hall–Kier alpha value is -2.96. The molecule has 2 unspecified atom stereocenters. The van der Waals surface area contributed by atoms with E-state index in [1.807, 2.05) is 36.4 Å². The molecule has 0 radical (unpaired) electrons. The molecule has 2 heterocycles. The third-order valence-electron chi connectivity index (χ3n) is 5.44. The molecule has 30 heavy (non-hydrogen) atoms. The van der Waals surface area contributed by atoms with E-state index in [2.05, 4.69) is 35.1 Å². The Morgan fingerprint density at radius 1 is 1.07 bits per heavy atom. The predicted molar refractivity (Wildman–Crippen MR) is 117 cm³/mol. The van der Waals surface area contributed by atoms with Crippen molar-refractivity contribution in [2.45, 2.75) is 39.1 Å². The number of hydrogen-bond donors (Lipinski definition) is 2. The van der Waals surface area contributed by atoms with Crippen molar-refractivity contribution in [2.75, 3.05) is 13.1 Å². The van der Waals surface area contributed by atoms with Crippen LogP contribution in [0.5, 0.6) is 0 Å². The van der Waals surface area contributed by atoms with Crippen molar-refractivity contribution < 1.29 is 9.53 Å². The van der Waals surface area contributed by atoms with E-state index in [-0.39, 0.29) is 23.7 Å². The average molecular weight is 405 g/mol. The number of H-pyrrole nitrogens is 1. The second kappa shape index (κ2) is 8.81. The lowest BCUT2D eigenvalue weighted by Gasteiger charge is -2.35. The summed E-state index contributed by atoms with van der Waals surface area (Å²) in [5.74, 6) is -0.249. The van der Waals surface area contributed by atoms with E-state index in [0.717, 1.165) is 30.6 Å². The molecule has 1 fully saturated rings. The van der Waals surface area contributed by atoms with Gasteiger partial charge in [0.05, 0.1) is 17.8 Å². The lowest BCUT2D eigenvalue weighted by molar-refractivity contribution is -0.0705. The molecule has 3 aromatic rings. The molecule has 1 amide bonds. The first-order valence-corrected chi connectivity index (χ1v) is 10.3. The Labute approximate surface area is 175 Å². The summed E-state index contributed by atoms with van der Waals surface area (Å²) in [7, 11) is 0. The minimum absolute atomic E-state index is 0.213. The molecule has 0 aliphatic carbocycles. The number of ether oxygens (including phenoxy) is 1. The predicted octanol–water partition coefficient (Wildman–Crippen LogP) is 3.07. The molecule has 2 atom stereocenters. The molecule has 0 saturated carbocycles. The highest BCUT2D eigenvalue weighted by atomic mass is 16.5.